The molecule has 0 radical (unpaired) electrons. The van der Waals surface area contributed by atoms with E-state index < -0.39 is 0 Å². The van der Waals surface area contributed by atoms with Crippen molar-refractivity contribution in [2.45, 2.75) is 53.1 Å². The molecule has 2 heteroatoms. The highest BCUT2D eigenvalue weighted by Gasteiger charge is 2.13. The summed E-state index contributed by atoms with van der Waals surface area (Å²) in [7, 11) is 2.19. The monoisotopic (exact) mass is 357 g/mol. The van der Waals surface area contributed by atoms with Gasteiger partial charge in [0.1, 0.15) is 0 Å². The summed E-state index contributed by atoms with van der Waals surface area (Å²) < 4.78 is 0. The van der Waals surface area contributed by atoms with Gasteiger partial charge in [0.05, 0.1) is 0 Å². The molecule has 0 aliphatic rings. The average molecular weight is 358 g/mol. The molecular formula is C23H32ClN. The van der Waals surface area contributed by atoms with Crippen molar-refractivity contribution in [3.63, 3.8) is 0 Å². The van der Waals surface area contributed by atoms with Crippen molar-refractivity contribution in [2.24, 2.45) is 0 Å². The first-order valence-corrected chi connectivity index (χ1v) is 8.80. The molecule has 0 N–H and O–H groups in total. The first-order valence-electron chi connectivity index (χ1n) is 8.80. The van der Waals surface area contributed by atoms with Crippen molar-refractivity contribution in [3.8, 4) is 0 Å². The zero-order valence-corrected chi connectivity index (χ0v) is 17.3. The second-order valence-electron chi connectivity index (χ2n) is 7.79. The van der Waals surface area contributed by atoms with Crippen molar-refractivity contribution in [1.29, 1.82) is 0 Å². The van der Waals surface area contributed by atoms with Crippen LogP contribution in [0.1, 0.15) is 56.9 Å². The molecule has 0 atom stereocenters. The van der Waals surface area contributed by atoms with Gasteiger partial charge in [0, 0.05) is 13.1 Å². The van der Waals surface area contributed by atoms with Crippen molar-refractivity contribution in [3.05, 3.63) is 76.9 Å². The number of benzene rings is 2. The third-order valence-electron chi connectivity index (χ3n) is 4.54. The maximum atomic E-state index is 2.37. The third kappa shape index (κ3) is 6.34. The molecule has 1 nitrogen and oxygen atoms in total. The first kappa shape index (κ1) is 21.5. The molecule has 0 fully saturated rings. The molecule has 0 saturated carbocycles. The zero-order valence-electron chi connectivity index (χ0n) is 16.5. The van der Waals surface area contributed by atoms with Crippen molar-refractivity contribution in [2.75, 3.05) is 7.05 Å². The molecule has 0 unspecified atom stereocenters. The van der Waals surface area contributed by atoms with E-state index in [1.54, 1.807) is 0 Å². The van der Waals surface area contributed by atoms with E-state index in [9.17, 15) is 0 Å². The van der Waals surface area contributed by atoms with E-state index in [-0.39, 0.29) is 17.8 Å². The molecule has 25 heavy (non-hydrogen) atoms. The number of rotatable bonds is 5. The summed E-state index contributed by atoms with van der Waals surface area (Å²) in [6, 6.07) is 17.9. The van der Waals surface area contributed by atoms with Crippen LogP contribution in [0.25, 0.3) is 5.57 Å². The number of hydrogen-bond donors (Lipinski definition) is 0. The maximum Gasteiger partial charge on any atom is 0.0234 e. The van der Waals surface area contributed by atoms with Gasteiger partial charge in [-0.2, -0.15) is 0 Å². The Bertz CT molecular complexity index is 693. The summed E-state index contributed by atoms with van der Waals surface area (Å²) in [4.78, 5) is 2.37. The lowest BCUT2D eigenvalue weighted by molar-refractivity contribution is 0.319. The van der Waals surface area contributed by atoms with Gasteiger partial charge in [0.2, 0.25) is 0 Å². The molecular weight excluding hydrogens is 326 g/mol. The van der Waals surface area contributed by atoms with Crippen LogP contribution in [-0.4, -0.2) is 11.9 Å². The molecule has 2 rings (SSSR count). The first-order chi connectivity index (χ1) is 11.3. The molecule has 0 aliphatic carbocycles. The normalized spacial score (nSPS) is 12.2. The Labute approximate surface area is 160 Å². The number of halogens is 1. The highest BCUT2D eigenvalue weighted by Crippen LogP contribution is 2.22. The van der Waals surface area contributed by atoms with Gasteiger partial charge < -0.3 is 0 Å². The Hall–Kier alpha value is -1.57. The predicted molar refractivity (Wildman–Crippen MR) is 113 cm³/mol. The smallest absolute Gasteiger partial charge is 0.0234 e. The Morgan fingerprint density at radius 2 is 1.56 bits per heavy atom. The van der Waals surface area contributed by atoms with Crippen molar-refractivity contribution >= 4 is 18.0 Å². The van der Waals surface area contributed by atoms with Gasteiger partial charge in [-0.15, -0.1) is 12.4 Å². The van der Waals surface area contributed by atoms with Crippen LogP contribution in [-0.2, 0) is 18.5 Å². The van der Waals surface area contributed by atoms with Crippen molar-refractivity contribution < 1.29 is 0 Å². The highest BCUT2D eigenvalue weighted by molar-refractivity contribution is 5.85. The minimum absolute atomic E-state index is 0. The molecule has 2 aromatic carbocycles. The van der Waals surface area contributed by atoms with Gasteiger partial charge in [-0.05, 0) is 54.1 Å². The van der Waals surface area contributed by atoms with E-state index in [1.807, 2.05) is 0 Å². The number of allylic oxidation sites excluding steroid dienone is 2. The fourth-order valence-corrected chi connectivity index (χ4v) is 2.87. The van der Waals surface area contributed by atoms with Gasteiger partial charge >= 0.3 is 0 Å². The summed E-state index contributed by atoms with van der Waals surface area (Å²) in [5, 5.41) is 0. The van der Waals surface area contributed by atoms with Crippen LogP contribution in [0.2, 0.25) is 0 Å². The largest absolute Gasteiger partial charge is 0.298 e. The number of hydrogen-bond acceptors (Lipinski definition) is 1. The minimum Gasteiger partial charge on any atom is -0.298 e. The zero-order chi connectivity index (χ0) is 17.7. The lowest BCUT2D eigenvalue weighted by Crippen LogP contribution is -2.17. The number of nitrogens with zero attached hydrogens (tertiary/aromatic N) is 1. The molecule has 0 amide bonds. The van der Waals surface area contributed by atoms with Crippen LogP contribution in [0.3, 0.4) is 0 Å². The summed E-state index contributed by atoms with van der Waals surface area (Å²) in [5.41, 5.74) is 6.99. The maximum absolute atomic E-state index is 2.37. The van der Waals surface area contributed by atoms with Crippen LogP contribution in [0.15, 0.2) is 54.6 Å². The summed E-state index contributed by atoms with van der Waals surface area (Å²) in [6.07, 6.45) is 2.17. The molecule has 136 valence electrons. The molecule has 0 heterocycles. The summed E-state index contributed by atoms with van der Waals surface area (Å²) in [6.45, 7) is 13.0. The van der Waals surface area contributed by atoms with Crippen LogP contribution in [0.5, 0.6) is 0 Å². The Morgan fingerprint density at radius 1 is 0.960 bits per heavy atom. The molecule has 0 aromatic heterocycles. The molecule has 0 aliphatic heterocycles. The third-order valence-corrected chi connectivity index (χ3v) is 4.54. The second kappa shape index (κ2) is 9.22. The molecule has 0 bridgehead atoms. The van der Waals surface area contributed by atoms with E-state index >= 15 is 0 Å². The van der Waals surface area contributed by atoms with E-state index in [4.69, 9.17) is 0 Å². The predicted octanol–water partition coefficient (Wildman–Crippen LogP) is 6.46. The SMILES string of the molecule is C/C=C(\C)c1cccc(CN(C)Cc2ccc(C(C)(C)C)cc2)c1.Cl. The van der Waals surface area contributed by atoms with Crippen LogP contribution in [0.4, 0.5) is 0 Å². The quantitative estimate of drug-likeness (QED) is 0.593. The standard InChI is InChI=1S/C23H31N.ClH/c1-7-18(2)21-10-8-9-20(15-21)17-24(6)16-19-11-13-22(14-12-19)23(3,4)5;/h7-15H,16-17H2,1-6H3;1H/b18-7+;. The second-order valence-corrected chi connectivity index (χ2v) is 7.79. The fraction of sp³-hybridized carbons (Fsp3) is 0.391. The Morgan fingerprint density at radius 3 is 2.12 bits per heavy atom. The van der Waals surface area contributed by atoms with Crippen LogP contribution in [0, 0.1) is 0 Å². The molecule has 0 saturated heterocycles. The average Bonchev–Trinajstić information content (AvgIpc) is 2.54. The van der Waals surface area contributed by atoms with E-state index in [0.29, 0.717) is 0 Å². The van der Waals surface area contributed by atoms with Gasteiger partial charge in [-0.3, -0.25) is 4.90 Å². The van der Waals surface area contributed by atoms with Gasteiger partial charge in [0.15, 0.2) is 0 Å². The van der Waals surface area contributed by atoms with E-state index in [1.165, 1.54) is 27.8 Å². The summed E-state index contributed by atoms with van der Waals surface area (Å²) in [5.74, 6) is 0. The fourth-order valence-electron chi connectivity index (χ4n) is 2.87. The Balaban J connectivity index is 0.00000312. The van der Waals surface area contributed by atoms with E-state index in [0.717, 1.165) is 13.1 Å². The van der Waals surface area contributed by atoms with Crippen molar-refractivity contribution in [1.82, 2.24) is 4.90 Å². The molecule has 2 aromatic rings. The van der Waals surface area contributed by atoms with E-state index in [2.05, 4.69) is 101 Å². The molecule has 0 spiro atoms. The highest BCUT2D eigenvalue weighted by atomic mass is 35.5. The van der Waals surface area contributed by atoms with Crippen LogP contribution < -0.4 is 0 Å². The Kier molecular flexibility index (Phi) is 7.92. The van der Waals surface area contributed by atoms with Gasteiger partial charge in [0.25, 0.3) is 0 Å². The van der Waals surface area contributed by atoms with Gasteiger partial charge in [-0.25, -0.2) is 0 Å². The topological polar surface area (TPSA) is 3.24 Å². The lowest BCUT2D eigenvalue weighted by Gasteiger charge is -2.21. The lowest BCUT2D eigenvalue weighted by atomic mass is 9.87. The minimum atomic E-state index is 0. The summed E-state index contributed by atoms with van der Waals surface area (Å²) >= 11 is 0. The van der Waals surface area contributed by atoms with Gasteiger partial charge in [-0.1, -0.05) is 75.4 Å². The van der Waals surface area contributed by atoms with Crippen LogP contribution >= 0.6 is 12.4 Å².